The Kier molecular flexibility index (Phi) is 7.32. The first kappa shape index (κ1) is 24.2. The van der Waals surface area contributed by atoms with Gasteiger partial charge < -0.3 is 15.2 Å². The normalized spacial score (nSPS) is 14.5. The molecular formula is C28H24ClFN2O3. The van der Waals surface area contributed by atoms with Gasteiger partial charge in [-0.05, 0) is 40.5 Å². The maximum atomic E-state index is 14.2. The minimum Gasteiger partial charge on any atom is -0.478 e. The highest BCUT2D eigenvalue weighted by Gasteiger charge is 2.22. The predicted molar refractivity (Wildman–Crippen MR) is 136 cm³/mol. The van der Waals surface area contributed by atoms with E-state index in [2.05, 4.69) is 5.16 Å². The summed E-state index contributed by atoms with van der Waals surface area (Å²) in [5.74, 6) is -2.28. The number of hydrogen-bond acceptors (Lipinski definition) is 4. The average Bonchev–Trinajstić information content (AvgIpc) is 2.85. The number of rotatable bonds is 7. The van der Waals surface area contributed by atoms with Crippen molar-refractivity contribution in [3.8, 4) is 11.1 Å². The van der Waals surface area contributed by atoms with Crippen LogP contribution in [0.4, 0.5) is 4.39 Å². The lowest BCUT2D eigenvalue weighted by Crippen LogP contribution is -2.19. The average molecular weight is 491 g/mol. The zero-order valence-corrected chi connectivity index (χ0v) is 19.8. The molecule has 0 bridgehead atoms. The van der Waals surface area contributed by atoms with E-state index in [-0.39, 0.29) is 11.5 Å². The van der Waals surface area contributed by atoms with Gasteiger partial charge in [0.15, 0.2) is 0 Å². The minimum atomic E-state index is -1.30. The Bertz CT molecular complexity index is 1330. The summed E-state index contributed by atoms with van der Waals surface area (Å²) in [6, 6.07) is 19.2. The summed E-state index contributed by atoms with van der Waals surface area (Å²) in [5, 5.41) is 23.1. The second-order valence-corrected chi connectivity index (χ2v) is 8.78. The van der Waals surface area contributed by atoms with Crippen LogP contribution in [0.2, 0.25) is 5.02 Å². The SMILES string of the molecule is CN1C=C(/C(CC(c2ccc(-c3ccc(C(=O)O)c(F)c3)cc2)c2ccccc2Cl)=N/O)C=CC1. The van der Waals surface area contributed by atoms with Crippen LogP contribution in [-0.4, -0.2) is 40.5 Å². The van der Waals surface area contributed by atoms with Gasteiger partial charge >= 0.3 is 5.97 Å². The molecule has 1 heterocycles. The van der Waals surface area contributed by atoms with E-state index in [1.165, 1.54) is 12.1 Å². The van der Waals surface area contributed by atoms with Crippen LogP contribution >= 0.6 is 11.6 Å². The van der Waals surface area contributed by atoms with Crippen molar-refractivity contribution in [2.75, 3.05) is 13.6 Å². The maximum absolute atomic E-state index is 14.2. The highest BCUT2D eigenvalue weighted by molar-refractivity contribution is 6.31. The number of carboxylic acids is 1. The van der Waals surface area contributed by atoms with Crippen LogP contribution in [0, 0.1) is 5.82 Å². The number of halogens is 2. The summed E-state index contributed by atoms with van der Waals surface area (Å²) < 4.78 is 14.2. The van der Waals surface area contributed by atoms with Gasteiger partial charge in [-0.2, -0.15) is 0 Å². The third-order valence-electron chi connectivity index (χ3n) is 6.03. The maximum Gasteiger partial charge on any atom is 0.338 e. The van der Waals surface area contributed by atoms with Gasteiger partial charge in [0.2, 0.25) is 0 Å². The Labute approximate surface area is 208 Å². The summed E-state index contributed by atoms with van der Waals surface area (Å²) in [4.78, 5) is 13.1. The van der Waals surface area contributed by atoms with Gasteiger partial charge in [0.1, 0.15) is 5.82 Å². The lowest BCUT2D eigenvalue weighted by Gasteiger charge is -2.23. The van der Waals surface area contributed by atoms with Crippen molar-refractivity contribution >= 4 is 23.3 Å². The molecule has 0 saturated carbocycles. The van der Waals surface area contributed by atoms with Crippen molar-refractivity contribution in [1.82, 2.24) is 4.90 Å². The number of nitrogens with zero attached hydrogens (tertiary/aromatic N) is 2. The Morgan fingerprint density at radius 3 is 2.46 bits per heavy atom. The van der Waals surface area contributed by atoms with Crippen LogP contribution in [-0.2, 0) is 0 Å². The first-order chi connectivity index (χ1) is 16.9. The van der Waals surface area contributed by atoms with E-state index in [1.54, 1.807) is 6.07 Å². The molecule has 1 aliphatic rings. The van der Waals surface area contributed by atoms with Crippen LogP contribution in [0.25, 0.3) is 11.1 Å². The Morgan fingerprint density at radius 2 is 1.83 bits per heavy atom. The van der Waals surface area contributed by atoms with E-state index >= 15 is 0 Å². The molecule has 7 heteroatoms. The molecule has 0 saturated heterocycles. The molecule has 3 aromatic rings. The zero-order chi connectivity index (χ0) is 24.9. The van der Waals surface area contributed by atoms with E-state index in [9.17, 15) is 14.4 Å². The third kappa shape index (κ3) is 5.44. The van der Waals surface area contributed by atoms with Gasteiger partial charge in [-0.1, -0.05) is 77.4 Å². The lowest BCUT2D eigenvalue weighted by atomic mass is 9.84. The Hall–Kier alpha value is -3.90. The molecule has 0 spiro atoms. The molecule has 2 N–H and O–H groups in total. The summed E-state index contributed by atoms with van der Waals surface area (Å²) in [6.45, 7) is 0.783. The number of oxime groups is 1. The van der Waals surface area contributed by atoms with Crippen molar-refractivity contribution < 1.29 is 19.5 Å². The Morgan fingerprint density at radius 1 is 1.11 bits per heavy atom. The standard InChI is InChI=1S/C28H24ClFN2O3/c1-32-14-4-5-21(17-32)27(31-35)16-24(22-6-2-3-7-25(22)29)19-10-8-18(9-11-19)20-12-13-23(28(33)34)26(30)15-20/h2-13,15,17,24,35H,14,16H2,1H3,(H,33,34)/b31-27+. The highest BCUT2D eigenvalue weighted by atomic mass is 35.5. The van der Waals surface area contributed by atoms with E-state index in [0.29, 0.717) is 22.7 Å². The Balaban J connectivity index is 1.69. The molecule has 0 aromatic heterocycles. The van der Waals surface area contributed by atoms with Gasteiger partial charge in [0, 0.05) is 42.7 Å². The van der Waals surface area contributed by atoms with Crippen LogP contribution in [0.3, 0.4) is 0 Å². The number of benzene rings is 3. The predicted octanol–water partition coefficient (Wildman–Crippen LogP) is 6.58. The number of carboxylic acid groups (broad SMARTS) is 1. The van der Waals surface area contributed by atoms with E-state index < -0.39 is 11.8 Å². The molecule has 0 radical (unpaired) electrons. The summed E-state index contributed by atoms with van der Waals surface area (Å²) in [5.41, 5.74) is 4.16. The van der Waals surface area contributed by atoms with Crippen molar-refractivity contribution in [3.05, 3.63) is 118 Å². The molecule has 0 fully saturated rings. The van der Waals surface area contributed by atoms with Gasteiger partial charge in [0.05, 0.1) is 11.3 Å². The molecule has 3 aromatic carbocycles. The number of allylic oxidation sites excluding steroid dienone is 2. The molecule has 4 rings (SSSR count). The van der Waals surface area contributed by atoms with Crippen molar-refractivity contribution in [3.63, 3.8) is 0 Å². The molecule has 1 atom stereocenters. The van der Waals surface area contributed by atoms with E-state index in [0.717, 1.165) is 28.8 Å². The van der Waals surface area contributed by atoms with Crippen molar-refractivity contribution in [2.45, 2.75) is 12.3 Å². The van der Waals surface area contributed by atoms with Crippen LogP contribution < -0.4 is 0 Å². The largest absolute Gasteiger partial charge is 0.478 e. The first-order valence-corrected chi connectivity index (χ1v) is 11.4. The van der Waals surface area contributed by atoms with E-state index in [1.807, 2.05) is 78.8 Å². The fourth-order valence-corrected chi connectivity index (χ4v) is 4.47. The van der Waals surface area contributed by atoms with Crippen LogP contribution in [0.5, 0.6) is 0 Å². The number of aromatic carboxylic acids is 1. The van der Waals surface area contributed by atoms with Gasteiger partial charge in [0.25, 0.3) is 0 Å². The molecule has 35 heavy (non-hydrogen) atoms. The monoisotopic (exact) mass is 490 g/mol. The fraction of sp³-hybridized carbons (Fsp3) is 0.143. The number of hydrogen-bond donors (Lipinski definition) is 2. The smallest absolute Gasteiger partial charge is 0.338 e. The zero-order valence-electron chi connectivity index (χ0n) is 19.0. The van der Waals surface area contributed by atoms with Gasteiger partial charge in [-0.15, -0.1) is 0 Å². The first-order valence-electron chi connectivity index (χ1n) is 11.0. The molecule has 0 aliphatic carbocycles. The molecular weight excluding hydrogens is 467 g/mol. The molecule has 5 nitrogen and oxygen atoms in total. The summed E-state index contributed by atoms with van der Waals surface area (Å²) in [6.07, 6.45) is 6.30. The second-order valence-electron chi connectivity index (χ2n) is 8.37. The molecule has 0 amide bonds. The molecule has 1 unspecified atom stereocenters. The van der Waals surface area contributed by atoms with Crippen molar-refractivity contribution in [2.24, 2.45) is 5.16 Å². The summed E-state index contributed by atoms with van der Waals surface area (Å²) in [7, 11) is 1.95. The minimum absolute atomic E-state index is 0.198. The quantitative estimate of drug-likeness (QED) is 0.223. The van der Waals surface area contributed by atoms with Crippen LogP contribution in [0.1, 0.15) is 33.8 Å². The number of likely N-dealkylation sites (N-methyl/N-ethyl adjacent to an activating group) is 1. The fourth-order valence-electron chi connectivity index (χ4n) is 4.20. The summed E-state index contributed by atoms with van der Waals surface area (Å²) >= 11 is 6.56. The second kappa shape index (κ2) is 10.6. The van der Waals surface area contributed by atoms with Gasteiger partial charge in [-0.3, -0.25) is 0 Å². The van der Waals surface area contributed by atoms with E-state index in [4.69, 9.17) is 16.7 Å². The number of carbonyl (C=O) groups is 1. The van der Waals surface area contributed by atoms with Gasteiger partial charge in [-0.25, -0.2) is 9.18 Å². The van der Waals surface area contributed by atoms with Crippen molar-refractivity contribution in [1.29, 1.82) is 0 Å². The lowest BCUT2D eigenvalue weighted by molar-refractivity contribution is 0.0692. The third-order valence-corrected chi connectivity index (χ3v) is 6.37. The molecule has 178 valence electrons. The molecule has 1 aliphatic heterocycles. The topological polar surface area (TPSA) is 73.1 Å². The highest BCUT2D eigenvalue weighted by Crippen LogP contribution is 2.35. The van der Waals surface area contributed by atoms with Crippen LogP contribution in [0.15, 0.2) is 95.8 Å².